The molecule has 0 aliphatic heterocycles. The molecule has 6 nitrogen and oxygen atoms in total. The van der Waals surface area contributed by atoms with Crippen LogP contribution in [0, 0.1) is 0 Å². The summed E-state index contributed by atoms with van der Waals surface area (Å²) in [4.78, 5) is 15.6. The van der Waals surface area contributed by atoms with Gasteiger partial charge in [-0.25, -0.2) is 9.78 Å². The Hall–Kier alpha value is -4.06. The normalized spacial score (nSPS) is 10.4. The second-order valence-electron chi connectivity index (χ2n) is 6.12. The first-order valence-corrected chi connectivity index (χ1v) is 8.73. The maximum Gasteiger partial charge on any atom is 0.316 e. The van der Waals surface area contributed by atoms with Gasteiger partial charge in [-0.15, -0.1) is 0 Å². The fourth-order valence-corrected chi connectivity index (χ4v) is 2.94. The summed E-state index contributed by atoms with van der Waals surface area (Å²) in [5, 5.41) is 7.59. The molecule has 3 aromatic carbocycles. The maximum absolute atomic E-state index is 11.2. The van der Waals surface area contributed by atoms with Crippen LogP contribution in [0.25, 0.3) is 10.8 Å². The SMILES string of the molecule is NC(=O)Nc1ccc(Oc2ccnc(Nc3ccccc3)c2)c2ccccc12. The molecule has 138 valence electrons. The van der Waals surface area contributed by atoms with Crippen LogP contribution < -0.4 is 21.1 Å². The van der Waals surface area contributed by atoms with E-state index in [1.807, 2.05) is 60.7 Å². The van der Waals surface area contributed by atoms with Crippen LogP contribution in [0.15, 0.2) is 85.1 Å². The molecule has 0 aliphatic rings. The van der Waals surface area contributed by atoms with E-state index in [-0.39, 0.29) is 0 Å². The van der Waals surface area contributed by atoms with E-state index in [9.17, 15) is 4.79 Å². The van der Waals surface area contributed by atoms with Crippen molar-refractivity contribution in [2.75, 3.05) is 10.6 Å². The molecule has 0 saturated carbocycles. The number of urea groups is 1. The number of para-hydroxylation sites is 1. The maximum atomic E-state index is 11.2. The van der Waals surface area contributed by atoms with Crippen LogP contribution in [0.3, 0.4) is 0 Å². The minimum atomic E-state index is -0.607. The van der Waals surface area contributed by atoms with Crippen LogP contribution in [0.4, 0.5) is 22.0 Å². The zero-order chi connectivity index (χ0) is 19.3. The molecule has 1 heterocycles. The van der Waals surface area contributed by atoms with Gasteiger partial charge in [-0.05, 0) is 30.3 Å². The highest BCUT2D eigenvalue weighted by atomic mass is 16.5. The minimum Gasteiger partial charge on any atom is -0.457 e. The fraction of sp³-hybridized carbons (Fsp3) is 0. The third-order valence-electron chi connectivity index (χ3n) is 4.15. The quantitative estimate of drug-likeness (QED) is 0.447. The second-order valence-corrected chi connectivity index (χ2v) is 6.12. The number of carbonyl (C=O) groups excluding carboxylic acids is 1. The zero-order valence-electron chi connectivity index (χ0n) is 14.9. The number of hydrogen-bond donors (Lipinski definition) is 3. The predicted octanol–water partition coefficient (Wildman–Crippen LogP) is 5.26. The molecule has 4 N–H and O–H groups in total. The van der Waals surface area contributed by atoms with Gasteiger partial charge in [-0.2, -0.15) is 0 Å². The summed E-state index contributed by atoms with van der Waals surface area (Å²) in [5.41, 5.74) is 6.84. The molecule has 0 unspecified atom stereocenters. The minimum absolute atomic E-state index is 0.607. The highest BCUT2D eigenvalue weighted by Crippen LogP contribution is 2.34. The molecule has 0 saturated heterocycles. The lowest BCUT2D eigenvalue weighted by molar-refractivity contribution is 0.259. The Morgan fingerprint density at radius 1 is 0.893 bits per heavy atom. The standard InChI is InChI=1S/C22H18N4O2/c23-22(27)26-19-10-11-20(18-9-5-4-8-17(18)19)28-16-12-13-24-21(14-16)25-15-6-2-1-3-7-15/h1-14H,(H,24,25)(H3,23,26,27). The number of carbonyl (C=O) groups is 1. The first-order chi connectivity index (χ1) is 13.7. The Bertz CT molecular complexity index is 1130. The van der Waals surface area contributed by atoms with Crippen molar-refractivity contribution in [2.24, 2.45) is 5.73 Å². The van der Waals surface area contributed by atoms with Crippen molar-refractivity contribution in [3.8, 4) is 11.5 Å². The number of benzene rings is 3. The number of aromatic nitrogens is 1. The van der Waals surface area contributed by atoms with E-state index >= 15 is 0 Å². The van der Waals surface area contributed by atoms with E-state index in [0.717, 1.165) is 16.5 Å². The van der Waals surface area contributed by atoms with E-state index in [1.54, 1.807) is 24.4 Å². The van der Waals surface area contributed by atoms with Gasteiger partial charge in [0.25, 0.3) is 0 Å². The number of amides is 2. The van der Waals surface area contributed by atoms with Crippen LogP contribution >= 0.6 is 0 Å². The molecule has 0 fully saturated rings. The third kappa shape index (κ3) is 3.86. The number of anilines is 3. The van der Waals surface area contributed by atoms with Gasteiger partial charge >= 0.3 is 6.03 Å². The van der Waals surface area contributed by atoms with Gasteiger partial charge in [0, 0.05) is 28.7 Å². The van der Waals surface area contributed by atoms with E-state index in [0.29, 0.717) is 23.0 Å². The third-order valence-corrected chi connectivity index (χ3v) is 4.15. The van der Waals surface area contributed by atoms with Crippen molar-refractivity contribution in [2.45, 2.75) is 0 Å². The summed E-state index contributed by atoms with van der Waals surface area (Å²) in [6.07, 6.45) is 1.69. The Kier molecular flexibility index (Phi) is 4.76. The van der Waals surface area contributed by atoms with Crippen molar-refractivity contribution in [3.63, 3.8) is 0 Å². The Morgan fingerprint density at radius 2 is 1.64 bits per heavy atom. The largest absolute Gasteiger partial charge is 0.457 e. The average Bonchev–Trinajstić information content (AvgIpc) is 2.71. The number of nitrogens with zero attached hydrogens (tertiary/aromatic N) is 1. The van der Waals surface area contributed by atoms with Gasteiger partial charge in [0.1, 0.15) is 17.3 Å². The summed E-state index contributed by atoms with van der Waals surface area (Å²) in [6, 6.07) is 24.0. The van der Waals surface area contributed by atoms with Gasteiger partial charge < -0.3 is 21.1 Å². The number of primary amides is 1. The lowest BCUT2D eigenvalue weighted by Crippen LogP contribution is -2.19. The van der Waals surface area contributed by atoms with E-state index in [2.05, 4.69) is 15.6 Å². The molecular weight excluding hydrogens is 352 g/mol. The first-order valence-electron chi connectivity index (χ1n) is 8.73. The molecule has 0 aliphatic carbocycles. The smallest absolute Gasteiger partial charge is 0.316 e. The Balaban J connectivity index is 1.63. The summed E-state index contributed by atoms with van der Waals surface area (Å²) >= 11 is 0. The van der Waals surface area contributed by atoms with Gasteiger partial charge in [0.15, 0.2) is 0 Å². The van der Waals surface area contributed by atoms with Crippen LogP contribution in [0.1, 0.15) is 0 Å². The number of nitrogens with two attached hydrogens (primary N) is 1. The van der Waals surface area contributed by atoms with Crippen molar-refractivity contribution in [1.82, 2.24) is 4.98 Å². The monoisotopic (exact) mass is 370 g/mol. The van der Waals surface area contributed by atoms with Crippen molar-refractivity contribution >= 4 is 34.0 Å². The number of hydrogen-bond acceptors (Lipinski definition) is 4. The molecule has 1 aromatic heterocycles. The summed E-state index contributed by atoms with van der Waals surface area (Å²) in [7, 11) is 0. The fourth-order valence-electron chi connectivity index (χ4n) is 2.94. The number of rotatable bonds is 5. The molecule has 4 rings (SSSR count). The molecular formula is C22H18N4O2. The van der Waals surface area contributed by atoms with Gasteiger partial charge in [-0.1, -0.05) is 42.5 Å². The average molecular weight is 370 g/mol. The lowest BCUT2D eigenvalue weighted by atomic mass is 10.1. The summed E-state index contributed by atoms with van der Waals surface area (Å²) in [6.45, 7) is 0. The molecule has 6 heteroatoms. The van der Waals surface area contributed by atoms with Crippen LogP contribution in [0.5, 0.6) is 11.5 Å². The van der Waals surface area contributed by atoms with Gasteiger partial charge in [-0.3, -0.25) is 0 Å². The second kappa shape index (κ2) is 7.67. The molecule has 4 aromatic rings. The molecule has 28 heavy (non-hydrogen) atoms. The van der Waals surface area contributed by atoms with Gasteiger partial charge in [0.2, 0.25) is 0 Å². The number of pyridine rings is 1. The lowest BCUT2D eigenvalue weighted by Gasteiger charge is -2.13. The molecule has 0 radical (unpaired) electrons. The van der Waals surface area contributed by atoms with E-state index in [1.165, 1.54) is 0 Å². The Morgan fingerprint density at radius 3 is 2.43 bits per heavy atom. The zero-order valence-corrected chi connectivity index (χ0v) is 14.9. The van der Waals surface area contributed by atoms with Gasteiger partial charge in [0.05, 0.1) is 5.69 Å². The molecule has 0 spiro atoms. The summed E-state index contributed by atoms with van der Waals surface area (Å²) in [5.74, 6) is 2.00. The van der Waals surface area contributed by atoms with Crippen molar-refractivity contribution in [1.29, 1.82) is 0 Å². The predicted molar refractivity (Wildman–Crippen MR) is 111 cm³/mol. The molecule has 0 bridgehead atoms. The van der Waals surface area contributed by atoms with Crippen LogP contribution in [-0.4, -0.2) is 11.0 Å². The number of nitrogens with one attached hydrogen (secondary N) is 2. The van der Waals surface area contributed by atoms with E-state index in [4.69, 9.17) is 10.5 Å². The summed E-state index contributed by atoms with van der Waals surface area (Å²) < 4.78 is 6.11. The molecule has 2 amide bonds. The van der Waals surface area contributed by atoms with E-state index < -0.39 is 6.03 Å². The molecule has 0 atom stereocenters. The van der Waals surface area contributed by atoms with Crippen LogP contribution in [-0.2, 0) is 0 Å². The van der Waals surface area contributed by atoms with Crippen molar-refractivity contribution < 1.29 is 9.53 Å². The first kappa shape index (κ1) is 17.4. The highest BCUT2D eigenvalue weighted by molar-refractivity contribution is 6.03. The number of fused-ring (bicyclic) bond motifs is 1. The van der Waals surface area contributed by atoms with Crippen LogP contribution in [0.2, 0.25) is 0 Å². The Labute approximate surface area is 162 Å². The highest BCUT2D eigenvalue weighted by Gasteiger charge is 2.09. The van der Waals surface area contributed by atoms with Crippen molar-refractivity contribution in [3.05, 3.63) is 85.1 Å². The number of ether oxygens (including phenoxy) is 1. The topological polar surface area (TPSA) is 89.3 Å².